The fourth-order valence-electron chi connectivity index (χ4n) is 1.57. The molecule has 0 bridgehead atoms. The maximum absolute atomic E-state index is 12.3. The van der Waals surface area contributed by atoms with E-state index in [-0.39, 0.29) is 4.90 Å². The number of nitrogens with one attached hydrogen (secondary N) is 1. The highest BCUT2D eigenvalue weighted by Gasteiger charge is 2.17. The van der Waals surface area contributed by atoms with Gasteiger partial charge >= 0.3 is 0 Å². The molecule has 106 valence electrons. The van der Waals surface area contributed by atoms with E-state index in [0.717, 1.165) is 5.56 Å². The zero-order valence-electron chi connectivity index (χ0n) is 10.5. The smallest absolute Gasteiger partial charge is 0.262 e. The van der Waals surface area contributed by atoms with Gasteiger partial charge in [-0.2, -0.15) is 0 Å². The lowest BCUT2D eigenvalue weighted by molar-refractivity contribution is 0.601. The first-order valence-electron chi connectivity index (χ1n) is 5.64. The lowest BCUT2D eigenvalue weighted by atomic mass is 10.2. The van der Waals surface area contributed by atoms with E-state index in [1.165, 1.54) is 12.1 Å². The van der Waals surface area contributed by atoms with Crippen LogP contribution in [0.2, 0.25) is 5.02 Å². The maximum atomic E-state index is 12.3. The molecule has 0 heterocycles. The number of halogens is 2. The van der Waals surface area contributed by atoms with Crippen LogP contribution in [0.25, 0.3) is 0 Å². The Hall–Kier alpha value is -1.24. The Morgan fingerprint density at radius 3 is 2.60 bits per heavy atom. The van der Waals surface area contributed by atoms with Crippen molar-refractivity contribution < 1.29 is 8.42 Å². The maximum Gasteiger partial charge on any atom is 0.262 e. The topological polar surface area (TPSA) is 72.2 Å². The molecule has 0 spiro atoms. The summed E-state index contributed by atoms with van der Waals surface area (Å²) in [6.07, 6.45) is 0. The molecule has 0 aliphatic heterocycles. The molecule has 0 radical (unpaired) electrons. The molecule has 4 nitrogen and oxygen atoms in total. The van der Waals surface area contributed by atoms with Crippen molar-refractivity contribution in [1.82, 2.24) is 0 Å². The Labute approximate surface area is 131 Å². The lowest BCUT2D eigenvalue weighted by Gasteiger charge is -2.11. The van der Waals surface area contributed by atoms with Crippen LogP contribution in [0.4, 0.5) is 11.4 Å². The van der Waals surface area contributed by atoms with E-state index in [1.54, 1.807) is 24.3 Å². The molecule has 0 atom stereocenters. The number of sulfonamides is 1. The van der Waals surface area contributed by atoms with Crippen molar-refractivity contribution in [3.05, 3.63) is 51.5 Å². The fraction of sp³-hybridized carbons (Fsp3) is 0.0769. The molecule has 0 unspecified atom stereocenters. The number of hydrogen-bond donors (Lipinski definition) is 2. The highest BCUT2D eigenvalue weighted by Crippen LogP contribution is 2.31. The zero-order chi connectivity index (χ0) is 14.9. The van der Waals surface area contributed by atoms with Gasteiger partial charge in [0.2, 0.25) is 0 Å². The molecule has 0 saturated carbocycles. The van der Waals surface area contributed by atoms with E-state index in [0.29, 0.717) is 20.9 Å². The molecule has 2 aromatic rings. The van der Waals surface area contributed by atoms with Gasteiger partial charge in [-0.1, -0.05) is 23.7 Å². The van der Waals surface area contributed by atoms with E-state index < -0.39 is 10.0 Å². The minimum absolute atomic E-state index is 0.104. The Morgan fingerprint density at radius 1 is 1.25 bits per heavy atom. The SMILES string of the molecule is Cc1ccc(S(=O)(=O)Nc2cccc(Cl)c2Br)cc1N. The van der Waals surface area contributed by atoms with Crippen LogP contribution in [0.1, 0.15) is 5.56 Å². The number of aryl methyl sites for hydroxylation is 1. The average Bonchev–Trinajstić information content (AvgIpc) is 2.38. The molecule has 0 aromatic heterocycles. The summed E-state index contributed by atoms with van der Waals surface area (Å²) in [4.78, 5) is 0.104. The average molecular weight is 376 g/mol. The molecule has 0 amide bonds. The third-order valence-corrected chi connectivity index (χ3v) is 5.52. The van der Waals surface area contributed by atoms with Gasteiger partial charge in [-0.3, -0.25) is 4.72 Å². The number of rotatable bonds is 3. The first kappa shape index (κ1) is 15.2. The van der Waals surface area contributed by atoms with Crippen molar-refractivity contribution in [3.8, 4) is 0 Å². The van der Waals surface area contributed by atoms with Crippen molar-refractivity contribution in [2.45, 2.75) is 11.8 Å². The third kappa shape index (κ3) is 3.08. The van der Waals surface area contributed by atoms with E-state index in [9.17, 15) is 8.42 Å². The second kappa shape index (κ2) is 5.63. The molecule has 2 rings (SSSR count). The number of anilines is 2. The van der Waals surface area contributed by atoms with Crippen LogP contribution in [0, 0.1) is 6.92 Å². The van der Waals surface area contributed by atoms with Crippen molar-refractivity contribution >= 4 is 48.9 Å². The highest BCUT2D eigenvalue weighted by atomic mass is 79.9. The van der Waals surface area contributed by atoms with Crippen LogP contribution in [-0.4, -0.2) is 8.42 Å². The Balaban J connectivity index is 2.41. The molecule has 2 aromatic carbocycles. The number of nitrogens with two attached hydrogens (primary N) is 1. The van der Waals surface area contributed by atoms with Gasteiger partial charge in [0, 0.05) is 5.69 Å². The number of hydrogen-bond acceptors (Lipinski definition) is 3. The Kier molecular flexibility index (Phi) is 4.27. The summed E-state index contributed by atoms with van der Waals surface area (Å²) >= 11 is 9.18. The van der Waals surface area contributed by atoms with E-state index >= 15 is 0 Å². The Morgan fingerprint density at radius 2 is 1.95 bits per heavy atom. The fourth-order valence-corrected chi connectivity index (χ4v) is 3.35. The summed E-state index contributed by atoms with van der Waals surface area (Å²) in [6.45, 7) is 1.81. The highest BCUT2D eigenvalue weighted by molar-refractivity contribution is 9.10. The lowest BCUT2D eigenvalue weighted by Crippen LogP contribution is -2.13. The van der Waals surface area contributed by atoms with Crippen molar-refractivity contribution in [3.63, 3.8) is 0 Å². The van der Waals surface area contributed by atoms with E-state index in [4.69, 9.17) is 17.3 Å². The standard InChI is InChI=1S/C13H12BrClN2O2S/c1-8-5-6-9(7-11(8)16)20(18,19)17-12-4-2-3-10(15)13(12)14/h2-7,17H,16H2,1H3. The largest absolute Gasteiger partial charge is 0.398 e. The Bertz CT molecular complexity index is 763. The van der Waals surface area contributed by atoms with Gasteiger partial charge in [-0.05, 0) is 52.7 Å². The summed E-state index contributed by atoms with van der Waals surface area (Å²) in [7, 11) is -3.71. The van der Waals surface area contributed by atoms with Crippen molar-refractivity contribution in [1.29, 1.82) is 0 Å². The van der Waals surface area contributed by atoms with Gasteiger partial charge in [0.05, 0.1) is 20.1 Å². The van der Waals surface area contributed by atoms with Crippen LogP contribution < -0.4 is 10.5 Å². The molecular weight excluding hydrogens is 364 g/mol. The van der Waals surface area contributed by atoms with Crippen LogP contribution in [0.15, 0.2) is 45.8 Å². The molecule has 3 N–H and O–H groups in total. The minimum Gasteiger partial charge on any atom is -0.398 e. The predicted octanol–water partition coefficient (Wildman–Crippen LogP) is 3.79. The first-order chi connectivity index (χ1) is 9.31. The van der Waals surface area contributed by atoms with Gasteiger partial charge < -0.3 is 5.73 Å². The molecule has 0 aliphatic carbocycles. The summed E-state index contributed by atoms with van der Waals surface area (Å²) in [5.41, 5.74) is 7.37. The molecule has 0 fully saturated rings. The van der Waals surface area contributed by atoms with Crippen LogP contribution in [0.3, 0.4) is 0 Å². The summed E-state index contributed by atoms with van der Waals surface area (Å²) in [5, 5.41) is 0.425. The number of nitrogen functional groups attached to an aromatic ring is 1. The first-order valence-corrected chi connectivity index (χ1v) is 8.29. The van der Waals surface area contributed by atoms with Crippen LogP contribution in [0.5, 0.6) is 0 Å². The molecular formula is C13H12BrClN2O2S. The summed E-state index contributed by atoms with van der Waals surface area (Å²) in [6, 6.07) is 9.53. The van der Waals surface area contributed by atoms with E-state index in [2.05, 4.69) is 20.7 Å². The molecule has 20 heavy (non-hydrogen) atoms. The van der Waals surface area contributed by atoms with Gasteiger partial charge in [-0.25, -0.2) is 8.42 Å². The van der Waals surface area contributed by atoms with Crippen molar-refractivity contribution in [2.75, 3.05) is 10.5 Å². The zero-order valence-corrected chi connectivity index (χ0v) is 13.7. The third-order valence-electron chi connectivity index (χ3n) is 2.76. The molecule has 0 aliphatic rings. The van der Waals surface area contributed by atoms with Gasteiger partial charge in [-0.15, -0.1) is 0 Å². The normalized spacial score (nSPS) is 11.3. The minimum atomic E-state index is -3.71. The van der Waals surface area contributed by atoms with Crippen LogP contribution in [-0.2, 0) is 10.0 Å². The van der Waals surface area contributed by atoms with Crippen LogP contribution >= 0.6 is 27.5 Å². The quantitative estimate of drug-likeness (QED) is 0.802. The summed E-state index contributed by atoms with van der Waals surface area (Å²) < 4.78 is 27.6. The second-order valence-corrected chi connectivity index (χ2v) is 7.11. The van der Waals surface area contributed by atoms with Crippen molar-refractivity contribution in [2.24, 2.45) is 0 Å². The van der Waals surface area contributed by atoms with Gasteiger partial charge in [0.15, 0.2) is 0 Å². The molecule has 0 saturated heterocycles. The predicted molar refractivity (Wildman–Crippen MR) is 85.6 cm³/mol. The molecule has 7 heteroatoms. The van der Waals surface area contributed by atoms with Gasteiger partial charge in [0.25, 0.3) is 10.0 Å². The van der Waals surface area contributed by atoms with Gasteiger partial charge in [0.1, 0.15) is 0 Å². The van der Waals surface area contributed by atoms with E-state index in [1.807, 2.05) is 6.92 Å². The monoisotopic (exact) mass is 374 g/mol. The summed E-state index contributed by atoms with van der Waals surface area (Å²) in [5.74, 6) is 0. The number of benzene rings is 2. The second-order valence-electron chi connectivity index (χ2n) is 4.23.